The summed E-state index contributed by atoms with van der Waals surface area (Å²) in [6.07, 6.45) is -15.2. The second kappa shape index (κ2) is 11.2. The quantitative estimate of drug-likeness (QED) is 0.127. The Morgan fingerprint density at radius 3 is 1.97 bits per heavy atom. The first kappa shape index (κ1) is 24.7. The highest BCUT2D eigenvalue weighted by Gasteiger charge is 2.50. The van der Waals surface area contributed by atoms with E-state index >= 15 is 0 Å². The monoisotopic (exact) mass is 430 g/mol. The van der Waals surface area contributed by atoms with Gasteiger partial charge in [0.05, 0.1) is 19.8 Å². The molecule has 10 atom stereocenters. The summed E-state index contributed by atoms with van der Waals surface area (Å²) in [5.41, 5.74) is 0. The first-order valence-corrected chi connectivity index (χ1v) is 9.04. The van der Waals surface area contributed by atoms with Crippen LogP contribution in [-0.2, 0) is 18.9 Å². The molecule has 0 aromatic carbocycles. The van der Waals surface area contributed by atoms with Crippen molar-refractivity contribution in [3.8, 4) is 0 Å². The van der Waals surface area contributed by atoms with Gasteiger partial charge in [0.15, 0.2) is 12.6 Å². The molecule has 172 valence electrons. The summed E-state index contributed by atoms with van der Waals surface area (Å²) in [4.78, 5) is 0. The molecule has 0 aliphatic carbocycles. The van der Waals surface area contributed by atoms with Crippen molar-refractivity contribution in [3.05, 3.63) is 5.21 Å². The van der Waals surface area contributed by atoms with Crippen LogP contribution in [0.4, 0.5) is 0 Å². The molecule has 29 heavy (non-hydrogen) atoms. The molecule has 10 unspecified atom stereocenters. The standard InChI is InChI=1S/C15H28NO13/c17-4-6-8(19)9(20)11(22)15(27-6)29-13-7(5-18)28-14(12(23)10(13)21)26-3-1-2-16(24)25/h6-15,17-24H,1-5H2/q-1. The summed E-state index contributed by atoms with van der Waals surface area (Å²) in [5.74, 6) is 0. The molecule has 2 heterocycles. The molecule has 0 aromatic heterocycles. The maximum absolute atomic E-state index is 10.4. The van der Waals surface area contributed by atoms with Crippen LogP contribution in [0.3, 0.4) is 0 Å². The van der Waals surface area contributed by atoms with Gasteiger partial charge in [-0.3, -0.25) is 5.23 Å². The molecule has 0 amide bonds. The lowest BCUT2D eigenvalue weighted by atomic mass is 9.97. The molecule has 2 aliphatic rings. The van der Waals surface area contributed by atoms with E-state index in [1.807, 2.05) is 0 Å². The Hall–Kier alpha value is -0.560. The number of nitrogens with zero attached hydrogens (tertiary/aromatic N) is 1. The minimum Gasteiger partial charge on any atom is -0.762 e. The van der Waals surface area contributed by atoms with E-state index in [1.54, 1.807) is 0 Å². The van der Waals surface area contributed by atoms with Crippen LogP contribution in [0.25, 0.3) is 0 Å². The fraction of sp³-hybridized carbons (Fsp3) is 1.00. The summed E-state index contributed by atoms with van der Waals surface area (Å²) in [6, 6.07) is 0. The van der Waals surface area contributed by atoms with Crippen molar-refractivity contribution >= 4 is 0 Å². The predicted octanol–water partition coefficient (Wildman–Crippen LogP) is -4.79. The van der Waals surface area contributed by atoms with Gasteiger partial charge in [-0.05, 0) is 6.42 Å². The van der Waals surface area contributed by atoms with Crippen LogP contribution in [0.1, 0.15) is 6.42 Å². The van der Waals surface area contributed by atoms with Crippen LogP contribution < -0.4 is 0 Å². The van der Waals surface area contributed by atoms with Gasteiger partial charge in [-0.25, -0.2) is 0 Å². The Kier molecular flexibility index (Phi) is 9.52. The third-order valence-corrected chi connectivity index (χ3v) is 4.74. The van der Waals surface area contributed by atoms with E-state index in [0.29, 0.717) is 0 Å². The Morgan fingerprint density at radius 1 is 0.793 bits per heavy atom. The summed E-state index contributed by atoms with van der Waals surface area (Å²) in [7, 11) is 0. The molecule has 0 aromatic rings. The van der Waals surface area contributed by atoms with E-state index < -0.39 is 74.6 Å². The first-order valence-electron chi connectivity index (χ1n) is 9.04. The van der Waals surface area contributed by atoms with Gasteiger partial charge in [0.1, 0.15) is 48.8 Å². The zero-order valence-corrected chi connectivity index (χ0v) is 15.4. The number of hydroxylamine groups is 2. The average Bonchev–Trinajstić information content (AvgIpc) is 2.69. The smallest absolute Gasteiger partial charge is 0.187 e. The topological polar surface area (TPSA) is 225 Å². The lowest BCUT2D eigenvalue weighted by molar-refractivity contribution is -0.359. The van der Waals surface area contributed by atoms with Crippen molar-refractivity contribution in [1.82, 2.24) is 5.23 Å². The SMILES string of the molecule is [O-]N(O)CCCOC1OC(CO)C(OC2OC(CO)C(O)C(O)C2O)C(O)C1O. The normalized spacial score (nSPS) is 43.7. The largest absolute Gasteiger partial charge is 0.762 e. The number of hydrogen-bond donors (Lipinski definition) is 8. The first-order chi connectivity index (χ1) is 13.7. The maximum Gasteiger partial charge on any atom is 0.187 e. The van der Waals surface area contributed by atoms with E-state index in [0.717, 1.165) is 0 Å². The maximum atomic E-state index is 10.4. The Morgan fingerprint density at radius 2 is 1.38 bits per heavy atom. The number of hydrogen-bond acceptors (Lipinski definition) is 14. The highest BCUT2D eigenvalue weighted by molar-refractivity contribution is 4.94. The van der Waals surface area contributed by atoms with Crippen LogP contribution in [-0.4, -0.2) is 134 Å². The van der Waals surface area contributed by atoms with Gasteiger partial charge in [-0.2, -0.15) is 0 Å². The minimum absolute atomic E-state index is 0.0945. The Bertz CT molecular complexity index is 481. The molecule has 0 radical (unpaired) electrons. The molecule has 0 bridgehead atoms. The number of rotatable bonds is 9. The van der Waals surface area contributed by atoms with Crippen molar-refractivity contribution in [2.75, 3.05) is 26.4 Å². The fourth-order valence-electron chi connectivity index (χ4n) is 3.09. The highest BCUT2D eigenvalue weighted by atomic mass is 16.8. The third kappa shape index (κ3) is 5.99. The average molecular weight is 430 g/mol. The highest BCUT2D eigenvalue weighted by Crippen LogP contribution is 2.29. The lowest BCUT2D eigenvalue weighted by Gasteiger charge is -2.45. The summed E-state index contributed by atoms with van der Waals surface area (Å²) >= 11 is 0. The van der Waals surface area contributed by atoms with Gasteiger partial charge in [0.25, 0.3) is 0 Å². The molecule has 2 fully saturated rings. The molecule has 8 N–H and O–H groups in total. The molecule has 2 aliphatic heterocycles. The third-order valence-electron chi connectivity index (χ3n) is 4.74. The van der Waals surface area contributed by atoms with Crippen LogP contribution in [0.15, 0.2) is 0 Å². The molecular weight excluding hydrogens is 402 g/mol. The van der Waals surface area contributed by atoms with Crippen molar-refractivity contribution in [2.24, 2.45) is 0 Å². The zero-order chi connectivity index (χ0) is 21.7. The van der Waals surface area contributed by atoms with E-state index in [9.17, 15) is 41.0 Å². The van der Waals surface area contributed by atoms with Gasteiger partial charge in [-0.15, -0.1) is 0 Å². The van der Waals surface area contributed by atoms with Crippen molar-refractivity contribution in [2.45, 2.75) is 67.8 Å². The van der Waals surface area contributed by atoms with Crippen molar-refractivity contribution < 1.29 is 59.9 Å². The van der Waals surface area contributed by atoms with Crippen LogP contribution >= 0.6 is 0 Å². The van der Waals surface area contributed by atoms with E-state index in [-0.39, 0.29) is 24.8 Å². The molecule has 2 saturated heterocycles. The number of aliphatic hydroxyl groups is 7. The molecule has 0 saturated carbocycles. The molecule has 14 nitrogen and oxygen atoms in total. The summed E-state index contributed by atoms with van der Waals surface area (Å²) in [6.45, 7) is -1.73. The van der Waals surface area contributed by atoms with Gasteiger partial charge in [-0.1, -0.05) is 0 Å². The number of ether oxygens (including phenoxy) is 4. The van der Waals surface area contributed by atoms with E-state index in [4.69, 9.17) is 24.2 Å². The second-order valence-electron chi connectivity index (χ2n) is 6.80. The zero-order valence-electron chi connectivity index (χ0n) is 15.4. The van der Waals surface area contributed by atoms with E-state index in [1.165, 1.54) is 0 Å². The second-order valence-corrected chi connectivity index (χ2v) is 6.80. The Balaban J connectivity index is 2.00. The van der Waals surface area contributed by atoms with Crippen molar-refractivity contribution in [1.29, 1.82) is 0 Å². The van der Waals surface area contributed by atoms with Gasteiger partial charge in [0.2, 0.25) is 0 Å². The van der Waals surface area contributed by atoms with Gasteiger partial charge in [0, 0.05) is 6.54 Å². The molecule has 14 heteroatoms. The van der Waals surface area contributed by atoms with Crippen LogP contribution in [0.5, 0.6) is 0 Å². The minimum atomic E-state index is -1.75. The van der Waals surface area contributed by atoms with E-state index in [2.05, 4.69) is 0 Å². The van der Waals surface area contributed by atoms with Gasteiger partial charge >= 0.3 is 0 Å². The number of aliphatic hydroxyl groups excluding tert-OH is 7. The van der Waals surface area contributed by atoms with Crippen LogP contribution in [0, 0.1) is 5.21 Å². The molecule has 0 spiro atoms. The molecule has 2 rings (SSSR count). The van der Waals surface area contributed by atoms with Crippen molar-refractivity contribution in [3.63, 3.8) is 0 Å². The summed E-state index contributed by atoms with van der Waals surface area (Å²) in [5, 5.41) is 87.6. The molecular formula is C15H28NO13-. The van der Waals surface area contributed by atoms with Gasteiger partial charge < -0.3 is 65.1 Å². The lowest BCUT2D eigenvalue weighted by Crippen LogP contribution is -2.64. The van der Waals surface area contributed by atoms with Crippen LogP contribution in [0.2, 0.25) is 0 Å². The Labute approximate surface area is 165 Å². The summed E-state index contributed by atoms with van der Waals surface area (Å²) < 4.78 is 21.2. The predicted molar refractivity (Wildman–Crippen MR) is 88.8 cm³/mol. The fourth-order valence-corrected chi connectivity index (χ4v) is 3.09.